The van der Waals surface area contributed by atoms with Crippen molar-refractivity contribution in [2.75, 3.05) is 6.26 Å². The normalized spacial score (nSPS) is 19.3. The molecule has 4 nitrogen and oxygen atoms in total. The molecule has 1 heterocycles. The first-order valence-corrected chi connectivity index (χ1v) is 10.2. The molecule has 0 N–H and O–H groups in total. The molecule has 0 aromatic heterocycles. The first kappa shape index (κ1) is 18.3. The van der Waals surface area contributed by atoms with Crippen molar-refractivity contribution in [1.29, 1.82) is 0 Å². The highest BCUT2D eigenvalue weighted by Gasteiger charge is 2.31. The summed E-state index contributed by atoms with van der Waals surface area (Å²) in [6.07, 6.45) is 2.14. The van der Waals surface area contributed by atoms with Gasteiger partial charge in [0.25, 0.3) is 0 Å². The fraction of sp³-hybridized carbons (Fsp3) is 0.250. The quantitative estimate of drug-likeness (QED) is 0.604. The van der Waals surface area contributed by atoms with Crippen LogP contribution in [-0.2, 0) is 19.4 Å². The highest BCUT2D eigenvalue weighted by molar-refractivity contribution is 7.90. The molecule has 136 valence electrons. The smallest absolute Gasteiger partial charge is 0.335 e. The molecule has 3 rings (SSSR count). The molecule has 6 heteroatoms. The SMILES string of the molecule is CCC1C/C(=C(/c2ccc(F)cc2)c2ccc(S(C)(=O)=O)cc2)C(=O)O1. The molecule has 1 unspecified atom stereocenters. The molecule has 1 saturated heterocycles. The topological polar surface area (TPSA) is 60.4 Å². The van der Waals surface area contributed by atoms with Crippen molar-refractivity contribution >= 4 is 21.4 Å². The molecule has 0 aliphatic carbocycles. The van der Waals surface area contributed by atoms with Gasteiger partial charge in [0.05, 0.1) is 4.90 Å². The molecule has 1 fully saturated rings. The Hall–Kier alpha value is -2.47. The summed E-state index contributed by atoms with van der Waals surface area (Å²) in [5.74, 6) is -0.755. The number of cyclic esters (lactones) is 1. The summed E-state index contributed by atoms with van der Waals surface area (Å²) in [6, 6.07) is 12.2. The molecule has 26 heavy (non-hydrogen) atoms. The minimum absolute atomic E-state index is 0.178. The minimum Gasteiger partial charge on any atom is -0.459 e. The maximum atomic E-state index is 13.3. The van der Waals surface area contributed by atoms with Gasteiger partial charge in [0.2, 0.25) is 0 Å². The Balaban J connectivity index is 2.16. The van der Waals surface area contributed by atoms with E-state index in [-0.39, 0.29) is 22.8 Å². The summed E-state index contributed by atoms with van der Waals surface area (Å²) in [5, 5.41) is 0. The Morgan fingerprint density at radius 3 is 2.08 bits per heavy atom. The maximum Gasteiger partial charge on any atom is 0.335 e. The van der Waals surface area contributed by atoms with Crippen LogP contribution in [0.3, 0.4) is 0 Å². The highest BCUT2D eigenvalue weighted by atomic mass is 32.2. The number of esters is 1. The Morgan fingerprint density at radius 2 is 1.62 bits per heavy atom. The molecular weight excluding hydrogens is 355 g/mol. The minimum atomic E-state index is -3.32. The van der Waals surface area contributed by atoms with Crippen molar-refractivity contribution in [2.45, 2.75) is 30.8 Å². The van der Waals surface area contributed by atoms with Crippen LogP contribution in [-0.4, -0.2) is 26.7 Å². The second-order valence-electron chi connectivity index (χ2n) is 6.30. The van der Waals surface area contributed by atoms with Gasteiger partial charge < -0.3 is 4.74 Å². The number of carbonyl (C=O) groups is 1. The molecule has 0 spiro atoms. The van der Waals surface area contributed by atoms with Gasteiger partial charge in [-0.3, -0.25) is 0 Å². The van der Waals surface area contributed by atoms with E-state index >= 15 is 0 Å². The molecule has 2 aromatic rings. The van der Waals surface area contributed by atoms with Crippen LogP contribution in [0.4, 0.5) is 4.39 Å². The van der Waals surface area contributed by atoms with E-state index in [9.17, 15) is 17.6 Å². The number of hydrogen-bond donors (Lipinski definition) is 0. The second-order valence-corrected chi connectivity index (χ2v) is 8.31. The average Bonchev–Trinajstić information content (AvgIpc) is 2.97. The van der Waals surface area contributed by atoms with Crippen LogP contribution in [0.5, 0.6) is 0 Å². The Bertz CT molecular complexity index is 958. The van der Waals surface area contributed by atoms with Crippen molar-refractivity contribution in [3.63, 3.8) is 0 Å². The molecular formula is C20H19FO4S. The molecule has 1 aliphatic heterocycles. The number of carbonyl (C=O) groups excluding carboxylic acids is 1. The number of benzene rings is 2. The predicted molar refractivity (Wildman–Crippen MR) is 96.8 cm³/mol. The van der Waals surface area contributed by atoms with Gasteiger partial charge in [-0.15, -0.1) is 0 Å². The van der Waals surface area contributed by atoms with Crippen LogP contribution in [0.25, 0.3) is 5.57 Å². The Kier molecular flexibility index (Phi) is 4.96. The van der Waals surface area contributed by atoms with E-state index in [0.29, 0.717) is 35.1 Å². The van der Waals surface area contributed by atoms with Gasteiger partial charge in [0.15, 0.2) is 9.84 Å². The zero-order valence-corrected chi connectivity index (χ0v) is 15.3. The van der Waals surface area contributed by atoms with Crippen LogP contribution in [0.1, 0.15) is 30.9 Å². The van der Waals surface area contributed by atoms with Crippen LogP contribution in [0.2, 0.25) is 0 Å². The maximum absolute atomic E-state index is 13.3. The standard InChI is InChI=1S/C20H19FO4S/c1-3-16-12-18(20(22)25-16)19(13-4-8-15(21)9-5-13)14-6-10-17(11-7-14)26(2,23)24/h4-11,16H,3,12H2,1-2H3/b19-18+. The largest absolute Gasteiger partial charge is 0.459 e. The van der Waals surface area contributed by atoms with Gasteiger partial charge in [-0.2, -0.15) is 0 Å². The molecule has 0 radical (unpaired) electrons. The first-order chi connectivity index (χ1) is 12.3. The number of sulfone groups is 1. The lowest BCUT2D eigenvalue weighted by atomic mass is 9.91. The van der Waals surface area contributed by atoms with E-state index < -0.39 is 9.84 Å². The van der Waals surface area contributed by atoms with Gasteiger partial charge in [0, 0.05) is 18.2 Å². The fourth-order valence-corrected chi connectivity index (χ4v) is 3.64. The van der Waals surface area contributed by atoms with Crippen LogP contribution >= 0.6 is 0 Å². The number of rotatable bonds is 4. The van der Waals surface area contributed by atoms with E-state index in [1.54, 1.807) is 24.3 Å². The predicted octanol–water partition coefficient (Wildman–Crippen LogP) is 3.76. The summed E-state index contributed by atoms with van der Waals surface area (Å²) in [6.45, 7) is 1.94. The molecule has 0 amide bonds. The van der Waals surface area contributed by atoms with Crippen molar-refractivity contribution in [2.24, 2.45) is 0 Å². The second kappa shape index (κ2) is 7.03. The monoisotopic (exact) mass is 374 g/mol. The van der Waals surface area contributed by atoms with Crippen LogP contribution in [0, 0.1) is 5.82 Å². The van der Waals surface area contributed by atoms with E-state index in [1.807, 2.05) is 6.92 Å². The highest BCUT2D eigenvalue weighted by Crippen LogP contribution is 2.35. The van der Waals surface area contributed by atoms with Crippen molar-refractivity contribution in [3.8, 4) is 0 Å². The lowest BCUT2D eigenvalue weighted by Crippen LogP contribution is -2.04. The van der Waals surface area contributed by atoms with Crippen LogP contribution in [0.15, 0.2) is 59.0 Å². The summed E-state index contributed by atoms with van der Waals surface area (Å²) >= 11 is 0. The Labute approximate surface area is 152 Å². The van der Waals surface area contributed by atoms with E-state index in [0.717, 1.165) is 6.26 Å². The zero-order valence-electron chi connectivity index (χ0n) is 14.5. The first-order valence-electron chi connectivity index (χ1n) is 8.30. The zero-order chi connectivity index (χ0) is 18.9. The number of halogens is 1. The van der Waals surface area contributed by atoms with Gasteiger partial charge in [-0.25, -0.2) is 17.6 Å². The number of ether oxygens (including phenoxy) is 1. The van der Waals surface area contributed by atoms with E-state index in [1.165, 1.54) is 24.3 Å². The third-order valence-electron chi connectivity index (χ3n) is 4.41. The lowest BCUT2D eigenvalue weighted by molar-refractivity contribution is -0.138. The van der Waals surface area contributed by atoms with Gasteiger partial charge in [0.1, 0.15) is 11.9 Å². The summed E-state index contributed by atoms with van der Waals surface area (Å²) in [7, 11) is -3.32. The summed E-state index contributed by atoms with van der Waals surface area (Å²) in [5.41, 5.74) is 2.54. The van der Waals surface area contributed by atoms with Crippen LogP contribution < -0.4 is 0 Å². The Morgan fingerprint density at radius 1 is 1.08 bits per heavy atom. The molecule has 0 saturated carbocycles. The molecule has 1 atom stereocenters. The van der Waals surface area contributed by atoms with Gasteiger partial charge in [-0.1, -0.05) is 31.2 Å². The lowest BCUT2D eigenvalue weighted by Gasteiger charge is -2.12. The third-order valence-corrected chi connectivity index (χ3v) is 5.54. The van der Waals surface area contributed by atoms with Crippen molar-refractivity contribution in [3.05, 3.63) is 71.0 Å². The third kappa shape index (κ3) is 3.70. The fourth-order valence-electron chi connectivity index (χ4n) is 3.01. The van der Waals surface area contributed by atoms with Gasteiger partial charge in [-0.05, 0) is 47.4 Å². The van der Waals surface area contributed by atoms with Crippen molar-refractivity contribution in [1.82, 2.24) is 0 Å². The van der Waals surface area contributed by atoms with Crippen molar-refractivity contribution < 1.29 is 22.3 Å². The van der Waals surface area contributed by atoms with Gasteiger partial charge >= 0.3 is 5.97 Å². The number of hydrogen-bond acceptors (Lipinski definition) is 4. The molecule has 2 aromatic carbocycles. The van der Waals surface area contributed by atoms with E-state index in [4.69, 9.17) is 4.74 Å². The summed E-state index contributed by atoms with van der Waals surface area (Å²) < 4.78 is 42.1. The molecule has 1 aliphatic rings. The molecule has 0 bridgehead atoms. The van der Waals surface area contributed by atoms with E-state index in [2.05, 4.69) is 0 Å². The summed E-state index contributed by atoms with van der Waals surface area (Å²) in [4.78, 5) is 12.6. The average molecular weight is 374 g/mol.